The van der Waals surface area contributed by atoms with Crippen LogP contribution in [0.1, 0.15) is 30.0 Å². The summed E-state index contributed by atoms with van der Waals surface area (Å²) in [5, 5.41) is 0.994. The highest BCUT2D eigenvalue weighted by Gasteiger charge is 2.19. The summed E-state index contributed by atoms with van der Waals surface area (Å²) in [6.45, 7) is 9.27. The van der Waals surface area contributed by atoms with Crippen LogP contribution in [0.25, 0.3) is 11.0 Å². The van der Waals surface area contributed by atoms with Crippen molar-refractivity contribution in [3.63, 3.8) is 0 Å². The summed E-state index contributed by atoms with van der Waals surface area (Å²) in [6.07, 6.45) is 0. The lowest BCUT2D eigenvalue weighted by Gasteiger charge is -2.21. The number of aryl methyl sites for hydroxylation is 2. The van der Waals surface area contributed by atoms with Crippen LogP contribution >= 0.6 is 0 Å². The Labute approximate surface area is 114 Å². The zero-order chi connectivity index (χ0) is 14.3. The maximum atomic E-state index is 6.07. The van der Waals surface area contributed by atoms with E-state index in [0.29, 0.717) is 11.9 Å². The topological polar surface area (TPSA) is 60.0 Å². The van der Waals surface area contributed by atoms with Gasteiger partial charge in [-0.05, 0) is 47.4 Å². The minimum atomic E-state index is 0.347. The van der Waals surface area contributed by atoms with Crippen molar-refractivity contribution in [3.8, 4) is 0 Å². The lowest BCUT2D eigenvalue weighted by Crippen LogP contribution is -2.23. The first kappa shape index (κ1) is 13.8. The first-order valence-corrected chi connectivity index (χ1v) is 6.58. The van der Waals surface area contributed by atoms with Crippen LogP contribution in [0.4, 0.5) is 5.82 Å². The molecule has 2 heterocycles. The Kier molecular flexibility index (Phi) is 3.49. The van der Waals surface area contributed by atoms with Crippen molar-refractivity contribution in [1.82, 2.24) is 19.4 Å². The zero-order valence-electron chi connectivity index (χ0n) is 12.7. The van der Waals surface area contributed by atoms with Gasteiger partial charge in [0.15, 0.2) is 0 Å². The van der Waals surface area contributed by atoms with Gasteiger partial charge in [0.1, 0.15) is 17.3 Å². The van der Waals surface area contributed by atoms with Crippen molar-refractivity contribution in [2.24, 2.45) is 0 Å². The van der Waals surface area contributed by atoms with Crippen LogP contribution in [0, 0.1) is 20.8 Å². The third kappa shape index (κ3) is 2.30. The van der Waals surface area contributed by atoms with E-state index in [9.17, 15) is 0 Å². The van der Waals surface area contributed by atoms with Gasteiger partial charge in [-0.15, -0.1) is 0 Å². The average Bonchev–Trinajstić information content (AvgIpc) is 2.50. The third-order valence-electron chi connectivity index (χ3n) is 3.61. The number of rotatable bonds is 3. The average molecular weight is 261 g/mol. The number of anilines is 1. The normalized spacial score (nSPS) is 13.4. The fourth-order valence-corrected chi connectivity index (χ4v) is 2.78. The maximum absolute atomic E-state index is 6.07. The molecule has 1 atom stereocenters. The van der Waals surface area contributed by atoms with Crippen LogP contribution in [0.5, 0.6) is 0 Å². The van der Waals surface area contributed by atoms with Gasteiger partial charge in [0.05, 0.1) is 5.39 Å². The number of fused-ring (bicyclic) bond motifs is 1. The molecule has 19 heavy (non-hydrogen) atoms. The molecule has 5 nitrogen and oxygen atoms in total. The number of nitrogens with two attached hydrogens (primary N) is 1. The standard InChI is InChI=1S/C14H23N5/c1-8(7-18(5)6)19-10(3)9(2)12-13(15)16-11(4)17-14(12)19/h8H,7H2,1-6H3,(H2,15,16,17). The molecule has 2 aromatic heterocycles. The van der Waals surface area contributed by atoms with Crippen molar-refractivity contribution in [2.75, 3.05) is 26.4 Å². The molecule has 104 valence electrons. The van der Waals surface area contributed by atoms with Crippen LogP contribution in [0.15, 0.2) is 0 Å². The Hall–Kier alpha value is -1.62. The number of likely N-dealkylation sites (N-methyl/N-ethyl adjacent to an activating group) is 1. The summed E-state index contributed by atoms with van der Waals surface area (Å²) in [4.78, 5) is 11.1. The number of nitrogens with zero attached hydrogens (tertiary/aromatic N) is 4. The molecule has 5 heteroatoms. The number of aromatic nitrogens is 3. The summed E-state index contributed by atoms with van der Waals surface area (Å²) in [7, 11) is 4.16. The quantitative estimate of drug-likeness (QED) is 0.918. The Balaban J connectivity index is 2.70. The van der Waals surface area contributed by atoms with E-state index in [1.165, 1.54) is 11.3 Å². The maximum Gasteiger partial charge on any atom is 0.146 e. The Morgan fingerprint density at radius 2 is 1.84 bits per heavy atom. The zero-order valence-corrected chi connectivity index (χ0v) is 12.7. The molecule has 2 rings (SSSR count). The number of nitrogen functional groups attached to an aromatic ring is 1. The fourth-order valence-electron chi connectivity index (χ4n) is 2.78. The highest BCUT2D eigenvalue weighted by atomic mass is 15.2. The molecule has 0 radical (unpaired) electrons. The lowest BCUT2D eigenvalue weighted by molar-refractivity contribution is 0.338. The number of hydrogen-bond donors (Lipinski definition) is 1. The van der Waals surface area contributed by atoms with Crippen molar-refractivity contribution < 1.29 is 0 Å². The number of hydrogen-bond acceptors (Lipinski definition) is 4. The summed E-state index contributed by atoms with van der Waals surface area (Å²) >= 11 is 0. The summed E-state index contributed by atoms with van der Waals surface area (Å²) < 4.78 is 2.27. The molecule has 0 fully saturated rings. The minimum Gasteiger partial charge on any atom is -0.383 e. The van der Waals surface area contributed by atoms with E-state index in [2.05, 4.69) is 54.3 Å². The minimum absolute atomic E-state index is 0.347. The van der Waals surface area contributed by atoms with Gasteiger partial charge in [-0.1, -0.05) is 0 Å². The molecule has 0 aliphatic carbocycles. The molecule has 0 bridgehead atoms. The molecule has 1 unspecified atom stereocenters. The van der Waals surface area contributed by atoms with Crippen LogP contribution < -0.4 is 5.73 Å². The summed E-state index contributed by atoms with van der Waals surface area (Å²) in [5.41, 5.74) is 9.42. The summed E-state index contributed by atoms with van der Waals surface area (Å²) in [6, 6.07) is 0.347. The molecular formula is C14H23N5. The van der Waals surface area contributed by atoms with Gasteiger partial charge in [0, 0.05) is 18.3 Å². The van der Waals surface area contributed by atoms with E-state index in [1.807, 2.05) is 6.92 Å². The molecule has 0 aromatic carbocycles. The van der Waals surface area contributed by atoms with E-state index < -0.39 is 0 Å². The molecule has 0 saturated carbocycles. The second-order valence-electron chi connectivity index (χ2n) is 5.55. The summed E-state index contributed by atoms with van der Waals surface area (Å²) in [5.74, 6) is 1.31. The highest BCUT2D eigenvalue weighted by molar-refractivity contribution is 5.91. The molecule has 0 aliphatic heterocycles. The second kappa shape index (κ2) is 4.81. The molecule has 0 aliphatic rings. The molecule has 2 aromatic rings. The van der Waals surface area contributed by atoms with Gasteiger partial charge in [-0.2, -0.15) is 0 Å². The van der Waals surface area contributed by atoms with E-state index in [4.69, 9.17) is 5.73 Å². The smallest absolute Gasteiger partial charge is 0.146 e. The Morgan fingerprint density at radius 1 is 1.21 bits per heavy atom. The predicted octanol–water partition coefficient (Wildman–Crippen LogP) is 2.06. The van der Waals surface area contributed by atoms with Crippen LogP contribution in [0.2, 0.25) is 0 Å². The SMILES string of the molecule is Cc1nc(N)c2c(C)c(C)n(C(C)CN(C)C)c2n1. The molecule has 0 spiro atoms. The Morgan fingerprint density at radius 3 is 2.42 bits per heavy atom. The van der Waals surface area contributed by atoms with Crippen LogP contribution in [0.3, 0.4) is 0 Å². The lowest BCUT2D eigenvalue weighted by atomic mass is 10.2. The van der Waals surface area contributed by atoms with Gasteiger partial charge in [-0.25, -0.2) is 9.97 Å². The monoisotopic (exact) mass is 261 g/mol. The Bertz CT molecular complexity index is 612. The molecule has 2 N–H and O–H groups in total. The third-order valence-corrected chi connectivity index (χ3v) is 3.61. The fraction of sp³-hybridized carbons (Fsp3) is 0.571. The van der Waals surface area contributed by atoms with Crippen molar-refractivity contribution in [3.05, 3.63) is 17.1 Å². The van der Waals surface area contributed by atoms with Gasteiger partial charge >= 0.3 is 0 Å². The largest absolute Gasteiger partial charge is 0.383 e. The van der Waals surface area contributed by atoms with Crippen molar-refractivity contribution in [1.29, 1.82) is 0 Å². The molecular weight excluding hydrogens is 238 g/mol. The predicted molar refractivity (Wildman–Crippen MR) is 79.4 cm³/mol. The van der Waals surface area contributed by atoms with Crippen molar-refractivity contribution in [2.45, 2.75) is 33.7 Å². The van der Waals surface area contributed by atoms with Gasteiger partial charge in [0.2, 0.25) is 0 Å². The van der Waals surface area contributed by atoms with E-state index in [1.54, 1.807) is 0 Å². The van der Waals surface area contributed by atoms with E-state index in [-0.39, 0.29) is 0 Å². The van der Waals surface area contributed by atoms with E-state index in [0.717, 1.165) is 23.4 Å². The second-order valence-corrected chi connectivity index (χ2v) is 5.55. The van der Waals surface area contributed by atoms with Gasteiger partial charge in [0.25, 0.3) is 0 Å². The van der Waals surface area contributed by atoms with Gasteiger partial charge in [-0.3, -0.25) is 0 Å². The van der Waals surface area contributed by atoms with Crippen LogP contribution in [-0.2, 0) is 0 Å². The highest BCUT2D eigenvalue weighted by Crippen LogP contribution is 2.30. The molecule has 0 saturated heterocycles. The van der Waals surface area contributed by atoms with Crippen LogP contribution in [-0.4, -0.2) is 40.1 Å². The van der Waals surface area contributed by atoms with E-state index >= 15 is 0 Å². The van der Waals surface area contributed by atoms with Crippen molar-refractivity contribution >= 4 is 16.9 Å². The molecule has 0 amide bonds. The first-order chi connectivity index (χ1) is 8.82. The van der Waals surface area contributed by atoms with Gasteiger partial charge < -0.3 is 15.2 Å². The first-order valence-electron chi connectivity index (χ1n) is 6.58.